The van der Waals surface area contributed by atoms with Crippen molar-refractivity contribution in [1.82, 2.24) is 9.47 Å². The monoisotopic (exact) mass is 367 g/mol. The van der Waals surface area contributed by atoms with Crippen LogP contribution in [0.3, 0.4) is 0 Å². The summed E-state index contributed by atoms with van der Waals surface area (Å²) in [5, 5.41) is 2.74. The smallest absolute Gasteiger partial charge is 0.253 e. The molecule has 0 unspecified atom stereocenters. The maximum atomic E-state index is 13.0. The van der Waals surface area contributed by atoms with Crippen molar-refractivity contribution in [2.45, 2.75) is 25.8 Å². The Morgan fingerprint density at radius 2 is 1.92 bits per heavy atom. The Morgan fingerprint density at radius 3 is 2.73 bits per heavy atom. The third-order valence-electron chi connectivity index (χ3n) is 5.20. The van der Waals surface area contributed by atoms with Gasteiger partial charge < -0.3 is 14.8 Å². The number of piperidine rings is 1. The molecular weight excluding hydrogens is 346 g/mol. The van der Waals surface area contributed by atoms with Crippen LogP contribution in [0.1, 0.15) is 35.3 Å². The molecule has 6 heteroatoms. The van der Waals surface area contributed by atoms with E-state index in [1.165, 1.54) is 12.6 Å². The van der Waals surface area contributed by atoms with Crippen LogP contribution in [-0.2, 0) is 11.3 Å². The number of carbonyl (C=O) groups is 2. The van der Waals surface area contributed by atoms with Gasteiger partial charge in [-0.15, -0.1) is 0 Å². The molecule has 0 spiro atoms. The van der Waals surface area contributed by atoms with E-state index in [0.29, 0.717) is 29.6 Å². The largest absolute Gasteiger partial charge is 0.338 e. The van der Waals surface area contributed by atoms with Gasteiger partial charge in [0.15, 0.2) is 0 Å². The van der Waals surface area contributed by atoms with Crippen molar-refractivity contribution in [2.24, 2.45) is 5.92 Å². The first-order valence-corrected chi connectivity index (χ1v) is 9.29. The number of nitrogens with zero attached hydrogens (tertiary/aromatic N) is 2. The van der Waals surface area contributed by atoms with Crippen molar-refractivity contribution in [1.29, 1.82) is 0 Å². The molecular formula is C20H21N3O2S. The Hall–Kier alpha value is -2.47. The number of rotatable bonds is 2. The van der Waals surface area contributed by atoms with Crippen molar-refractivity contribution < 1.29 is 9.59 Å². The summed E-state index contributed by atoms with van der Waals surface area (Å²) in [5.41, 5.74) is 2.50. The van der Waals surface area contributed by atoms with E-state index in [9.17, 15) is 9.59 Å². The van der Waals surface area contributed by atoms with Gasteiger partial charge in [-0.3, -0.25) is 9.59 Å². The highest BCUT2D eigenvalue weighted by Crippen LogP contribution is 2.36. The summed E-state index contributed by atoms with van der Waals surface area (Å²) in [6.45, 7) is 3.79. The van der Waals surface area contributed by atoms with Crippen LogP contribution in [0, 0.1) is 10.6 Å². The molecule has 2 atom stereocenters. The number of carbonyl (C=O) groups excluding carboxylic acids is 2. The lowest BCUT2D eigenvalue weighted by Gasteiger charge is -2.43. The van der Waals surface area contributed by atoms with E-state index >= 15 is 0 Å². The molecule has 134 valence electrons. The Kier molecular flexibility index (Phi) is 4.36. The van der Waals surface area contributed by atoms with Gasteiger partial charge in [0.2, 0.25) is 5.91 Å². The van der Waals surface area contributed by atoms with Crippen LogP contribution in [0.2, 0.25) is 0 Å². The second kappa shape index (κ2) is 6.68. The Balaban J connectivity index is 1.58. The zero-order valence-corrected chi connectivity index (χ0v) is 15.5. The van der Waals surface area contributed by atoms with E-state index in [-0.39, 0.29) is 11.8 Å². The van der Waals surface area contributed by atoms with E-state index in [4.69, 9.17) is 12.2 Å². The molecule has 0 saturated carbocycles. The highest BCUT2D eigenvalue weighted by atomic mass is 32.1. The molecule has 2 aliphatic rings. The van der Waals surface area contributed by atoms with E-state index < -0.39 is 0 Å². The minimum absolute atomic E-state index is 0.0230. The second-order valence-electron chi connectivity index (χ2n) is 7.17. The van der Waals surface area contributed by atoms with Crippen LogP contribution in [0.25, 0.3) is 0 Å². The number of pyridine rings is 1. The van der Waals surface area contributed by atoms with Crippen LogP contribution >= 0.6 is 12.2 Å². The number of amides is 2. The molecule has 2 amide bonds. The Bertz CT molecular complexity index is 937. The molecule has 1 fully saturated rings. The van der Waals surface area contributed by atoms with Crippen LogP contribution < -0.4 is 5.32 Å². The van der Waals surface area contributed by atoms with E-state index in [1.807, 2.05) is 23.1 Å². The SMILES string of the molecule is CC(=O)Nc1cccc(C(=O)N2C[C@H]3C[C@@H](C2)c2cccc(=S)n2C3)c1. The summed E-state index contributed by atoms with van der Waals surface area (Å²) in [6.07, 6.45) is 1.11. The van der Waals surface area contributed by atoms with Crippen LogP contribution in [-0.4, -0.2) is 34.4 Å². The lowest BCUT2D eigenvalue weighted by Crippen LogP contribution is -2.47. The van der Waals surface area contributed by atoms with Gasteiger partial charge in [0, 0.05) is 49.4 Å². The fourth-order valence-corrected chi connectivity index (χ4v) is 4.44. The van der Waals surface area contributed by atoms with E-state index in [0.717, 1.165) is 24.2 Å². The van der Waals surface area contributed by atoms with Crippen LogP contribution in [0.5, 0.6) is 0 Å². The minimum Gasteiger partial charge on any atom is -0.338 e. The molecule has 2 aliphatic heterocycles. The molecule has 0 radical (unpaired) electrons. The molecule has 1 N–H and O–H groups in total. The summed E-state index contributed by atoms with van der Waals surface area (Å²) in [5.74, 6) is 0.635. The number of anilines is 1. The second-order valence-corrected chi connectivity index (χ2v) is 7.59. The lowest BCUT2D eigenvalue weighted by atomic mass is 9.83. The van der Waals surface area contributed by atoms with Gasteiger partial charge in [-0.2, -0.15) is 0 Å². The highest BCUT2D eigenvalue weighted by Gasteiger charge is 2.36. The van der Waals surface area contributed by atoms with Gasteiger partial charge in [-0.05, 0) is 42.7 Å². The van der Waals surface area contributed by atoms with Crippen molar-refractivity contribution in [3.63, 3.8) is 0 Å². The summed E-state index contributed by atoms with van der Waals surface area (Å²) in [6, 6.07) is 13.3. The first kappa shape index (κ1) is 17.0. The number of aromatic nitrogens is 1. The van der Waals surface area contributed by atoms with Crippen molar-refractivity contribution in [3.8, 4) is 0 Å². The molecule has 5 nitrogen and oxygen atoms in total. The van der Waals surface area contributed by atoms with Crippen molar-refractivity contribution in [2.75, 3.05) is 18.4 Å². The molecule has 3 heterocycles. The molecule has 1 aromatic carbocycles. The maximum Gasteiger partial charge on any atom is 0.253 e. The summed E-state index contributed by atoms with van der Waals surface area (Å²) < 4.78 is 3.10. The number of hydrogen-bond acceptors (Lipinski definition) is 3. The quantitative estimate of drug-likeness (QED) is 0.828. The van der Waals surface area contributed by atoms with Gasteiger partial charge in [0.05, 0.1) is 0 Å². The van der Waals surface area contributed by atoms with E-state index in [1.54, 1.807) is 18.2 Å². The normalized spacial score (nSPS) is 21.0. The number of hydrogen-bond donors (Lipinski definition) is 1. The standard InChI is InChI=1S/C20H21N3O2S/c1-13(24)21-17-5-2-4-15(9-17)20(25)22-10-14-8-16(12-22)18-6-3-7-19(26)23(18)11-14/h2-7,9,14,16H,8,10-12H2,1H3,(H,21,24)/t14-,16+/m1/s1. The van der Waals surface area contributed by atoms with Gasteiger partial charge in [-0.25, -0.2) is 0 Å². The summed E-state index contributed by atoms with van der Waals surface area (Å²) >= 11 is 5.47. The lowest BCUT2D eigenvalue weighted by molar-refractivity contribution is -0.114. The molecule has 0 aliphatic carbocycles. The zero-order chi connectivity index (χ0) is 18.3. The number of nitrogens with one attached hydrogen (secondary N) is 1. The molecule has 1 aromatic heterocycles. The van der Waals surface area contributed by atoms with Gasteiger partial charge in [0.25, 0.3) is 5.91 Å². The Labute approximate surface area is 157 Å². The third kappa shape index (κ3) is 3.17. The highest BCUT2D eigenvalue weighted by molar-refractivity contribution is 7.71. The molecule has 2 bridgehead atoms. The fourth-order valence-electron chi connectivity index (χ4n) is 4.18. The predicted octanol–water partition coefficient (Wildman–Crippen LogP) is 3.44. The van der Waals surface area contributed by atoms with Crippen molar-refractivity contribution in [3.05, 3.63) is 58.4 Å². The zero-order valence-electron chi connectivity index (χ0n) is 14.6. The number of likely N-dealkylation sites (tertiary alicyclic amines) is 1. The van der Waals surface area contributed by atoms with Gasteiger partial charge >= 0.3 is 0 Å². The molecule has 2 aromatic rings. The summed E-state index contributed by atoms with van der Waals surface area (Å²) in [7, 11) is 0. The Morgan fingerprint density at radius 1 is 1.12 bits per heavy atom. The van der Waals surface area contributed by atoms with Crippen LogP contribution in [0.15, 0.2) is 42.5 Å². The predicted molar refractivity (Wildman–Crippen MR) is 103 cm³/mol. The van der Waals surface area contributed by atoms with Crippen molar-refractivity contribution >= 4 is 29.7 Å². The molecule has 26 heavy (non-hydrogen) atoms. The fraction of sp³-hybridized carbons (Fsp3) is 0.350. The third-order valence-corrected chi connectivity index (χ3v) is 5.55. The average molecular weight is 367 g/mol. The number of benzene rings is 1. The average Bonchev–Trinajstić information content (AvgIpc) is 2.61. The summed E-state index contributed by atoms with van der Waals surface area (Å²) in [4.78, 5) is 26.2. The maximum absolute atomic E-state index is 13.0. The first-order chi connectivity index (χ1) is 12.5. The topological polar surface area (TPSA) is 54.3 Å². The van der Waals surface area contributed by atoms with Crippen LogP contribution in [0.4, 0.5) is 5.69 Å². The molecule has 1 saturated heterocycles. The van der Waals surface area contributed by atoms with Gasteiger partial charge in [-0.1, -0.05) is 24.4 Å². The molecule has 4 rings (SSSR count). The first-order valence-electron chi connectivity index (χ1n) is 8.88. The number of fused-ring (bicyclic) bond motifs is 4. The van der Waals surface area contributed by atoms with E-state index in [2.05, 4.69) is 16.0 Å². The minimum atomic E-state index is -0.143. The van der Waals surface area contributed by atoms with Gasteiger partial charge in [0.1, 0.15) is 4.64 Å².